The van der Waals surface area contributed by atoms with Crippen molar-refractivity contribution in [3.05, 3.63) is 77.0 Å². The van der Waals surface area contributed by atoms with Gasteiger partial charge in [0.05, 0.1) is 19.8 Å². The van der Waals surface area contributed by atoms with Gasteiger partial charge in [0.25, 0.3) is 5.91 Å². The predicted octanol–water partition coefficient (Wildman–Crippen LogP) is 4.18. The molecule has 0 fully saturated rings. The second kappa shape index (κ2) is 10.9. The SMILES string of the molecule is COc1ccc(/C=C/C(=O)OCC(=O)Nc2c(C#N)c(C)c(C)n2-c2ccccc2)c(OC)c1. The molecule has 2 aromatic carbocycles. The van der Waals surface area contributed by atoms with Crippen molar-refractivity contribution in [1.29, 1.82) is 5.26 Å². The van der Waals surface area contributed by atoms with Gasteiger partial charge in [-0.2, -0.15) is 5.26 Å². The van der Waals surface area contributed by atoms with E-state index in [1.807, 2.05) is 44.2 Å². The second-order valence-electron chi connectivity index (χ2n) is 7.31. The Kier molecular flexibility index (Phi) is 7.72. The summed E-state index contributed by atoms with van der Waals surface area (Å²) in [5.41, 5.74) is 3.39. The number of nitriles is 1. The fourth-order valence-corrected chi connectivity index (χ4v) is 3.43. The Hall–Kier alpha value is -4.51. The van der Waals surface area contributed by atoms with Gasteiger partial charge in [-0.1, -0.05) is 18.2 Å². The minimum atomic E-state index is -0.695. The predicted molar refractivity (Wildman–Crippen MR) is 128 cm³/mol. The van der Waals surface area contributed by atoms with Crippen molar-refractivity contribution in [1.82, 2.24) is 4.57 Å². The molecule has 0 radical (unpaired) electrons. The van der Waals surface area contributed by atoms with Crippen LogP contribution in [0.1, 0.15) is 22.4 Å². The molecule has 0 saturated heterocycles. The second-order valence-corrected chi connectivity index (χ2v) is 7.31. The number of para-hydroxylation sites is 1. The van der Waals surface area contributed by atoms with E-state index in [2.05, 4.69) is 11.4 Å². The van der Waals surface area contributed by atoms with Gasteiger partial charge in [-0.25, -0.2) is 4.79 Å². The molecule has 34 heavy (non-hydrogen) atoms. The van der Waals surface area contributed by atoms with Crippen LogP contribution in [0.3, 0.4) is 0 Å². The number of carbonyl (C=O) groups excluding carboxylic acids is 2. The lowest BCUT2D eigenvalue weighted by molar-refractivity contribution is -0.142. The molecular formula is C26H25N3O5. The summed E-state index contributed by atoms with van der Waals surface area (Å²) in [5.74, 6) is 0.228. The van der Waals surface area contributed by atoms with Crippen molar-refractivity contribution in [2.75, 3.05) is 26.1 Å². The molecule has 8 heteroatoms. The summed E-state index contributed by atoms with van der Waals surface area (Å²) in [4.78, 5) is 24.7. The van der Waals surface area contributed by atoms with Gasteiger partial charge in [-0.05, 0) is 49.8 Å². The van der Waals surface area contributed by atoms with Crippen molar-refractivity contribution < 1.29 is 23.8 Å². The normalized spacial score (nSPS) is 10.6. The number of amides is 1. The van der Waals surface area contributed by atoms with Crippen molar-refractivity contribution >= 4 is 23.8 Å². The van der Waals surface area contributed by atoms with Gasteiger partial charge in [0.1, 0.15) is 23.4 Å². The highest BCUT2D eigenvalue weighted by Crippen LogP contribution is 2.30. The smallest absolute Gasteiger partial charge is 0.331 e. The average molecular weight is 460 g/mol. The summed E-state index contributed by atoms with van der Waals surface area (Å²) in [5, 5.41) is 12.4. The zero-order valence-corrected chi connectivity index (χ0v) is 19.4. The first kappa shape index (κ1) is 24.1. The molecule has 0 aliphatic rings. The molecule has 3 rings (SSSR count). The number of methoxy groups -OCH3 is 2. The summed E-state index contributed by atoms with van der Waals surface area (Å²) < 4.78 is 17.3. The third-order valence-corrected chi connectivity index (χ3v) is 5.28. The van der Waals surface area contributed by atoms with E-state index < -0.39 is 18.5 Å². The van der Waals surface area contributed by atoms with Crippen LogP contribution in [0.5, 0.6) is 11.5 Å². The molecule has 0 unspecified atom stereocenters. The Morgan fingerprint density at radius 1 is 1.09 bits per heavy atom. The van der Waals surface area contributed by atoms with Crippen LogP contribution in [0.2, 0.25) is 0 Å². The van der Waals surface area contributed by atoms with Gasteiger partial charge in [0, 0.05) is 29.1 Å². The maximum Gasteiger partial charge on any atom is 0.331 e. The van der Waals surface area contributed by atoms with Crippen molar-refractivity contribution in [2.45, 2.75) is 13.8 Å². The standard InChI is InChI=1S/C26H25N3O5/c1-17-18(2)29(20-8-6-5-7-9-20)26(22(17)15-27)28-24(30)16-34-25(31)13-11-19-10-12-21(32-3)14-23(19)33-4/h5-14H,16H2,1-4H3,(H,28,30)/b13-11+. The zero-order valence-electron chi connectivity index (χ0n) is 19.4. The number of aromatic nitrogens is 1. The lowest BCUT2D eigenvalue weighted by Gasteiger charge is -2.13. The van der Waals surface area contributed by atoms with Crippen molar-refractivity contribution in [3.63, 3.8) is 0 Å². The first-order valence-electron chi connectivity index (χ1n) is 10.4. The molecule has 1 N–H and O–H groups in total. The molecule has 1 heterocycles. The lowest BCUT2D eigenvalue weighted by Crippen LogP contribution is -2.22. The summed E-state index contributed by atoms with van der Waals surface area (Å²) in [6, 6.07) is 16.7. The Bertz CT molecular complexity index is 1270. The number of hydrogen-bond donors (Lipinski definition) is 1. The largest absolute Gasteiger partial charge is 0.497 e. The number of hydrogen-bond acceptors (Lipinski definition) is 6. The fourth-order valence-electron chi connectivity index (χ4n) is 3.43. The Balaban J connectivity index is 1.70. The molecule has 0 aliphatic heterocycles. The topological polar surface area (TPSA) is 103 Å². The molecule has 0 saturated carbocycles. The van der Waals surface area contributed by atoms with Crippen LogP contribution in [0, 0.1) is 25.2 Å². The first-order chi connectivity index (χ1) is 16.4. The summed E-state index contributed by atoms with van der Waals surface area (Å²) in [6.07, 6.45) is 2.73. The fraction of sp³-hybridized carbons (Fsp3) is 0.192. The molecule has 0 spiro atoms. The number of benzene rings is 2. The minimum Gasteiger partial charge on any atom is -0.497 e. The molecule has 3 aromatic rings. The van der Waals surface area contributed by atoms with Gasteiger partial charge in [-0.3, -0.25) is 9.36 Å². The van der Waals surface area contributed by atoms with Crippen LogP contribution in [-0.4, -0.2) is 37.3 Å². The van der Waals surface area contributed by atoms with E-state index in [1.165, 1.54) is 19.3 Å². The lowest BCUT2D eigenvalue weighted by atomic mass is 10.2. The molecule has 1 aromatic heterocycles. The van der Waals surface area contributed by atoms with Crippen LogP contribution in [-0.2, 0) is 14.3 Å². The van der Waals surface area contributed by atoms with Gasteiger partial charge >= 0.3 is 5.97 Å². The summed E-state index contributed by atoms with van der Waals surface area (Å²) >= 11 is 0. The minimum absolute atomic E-state index is 0.336. The van der Waals surface area contributed by atoms with Crippen molar-refractivity contribution in [3.8, 4) is 23.3 Å². The third-order valence-electron chi connectivity index (χ3n) is 5.28. The van der Waals surface area contributed by atoms with Gasteiger partial charge in [0.2, 0.25) is 0 Å². The number of nitrogens with one attached hydrogen (secondary N) is 1. The number of ether oxygens (including phenoxy) is 3. The molecule has 174 valence electrons. The summed E-state index contributed by atoms with van der Waals surface area (Å²) in [6.45, 7) is 3.18. The van der Waals surface area contributed by atoms with Crippen LogP contribution >= 0.6 is 0 Å². The average Bonchev–Trinajstić information content (AvgIpc) is 3.10. The maximum absolute atomic E-state index is 12.6. The Labute approximate surface area is 198 Å². The van der Waals surface area contributed by atoms with E-state index in [9.17, 15) is 14.9 Å². The number of esters is 1. The van der Waals surface area contributed by atoms with Gasteiger partial charge < -0.3 is 19.5 Å². The molecule has 0 bridgehead atoms. The molecular weight excluding hydrogens is 434 g/mol. The van der Waals surface area contributed by atoms with Crippen LogP contribution in [0.25, 0.3) is 11.8 Å². The Morgan fingerprint density at radius 3 is 2.47 bits per heavy atom. The number of anilines is 1. The van der Waals surface area contributed by atoms with E-state index in [1.54, 1.807) is 29.9 Å². The highest BCUT2D eigenvalue weighted by atomic mass is 16.5. The number of rotatable bonds is 8. The van der Waals surface area contributed by atoms with Crippen LogP contribution in [0.15, 0.2) is 54.6 Å². The van der Waals surface area contributed by atoms with Crippen LogP contribution < -0.4 is 14.8 Å². The van der Waals surface area contributed by atoms with E-state index in [-0.39, 0.29) is 0 Å². The summed E-state index contributed by atoms with van der Waals surface area (Å²) in [7, 11) is 3.06. The highest BCUT2D eigenvalue weighted by Gasteiger charge is 2.21. The van der Waals surface area contributed by atoms with Gasteiger partial charge in [0.15, 0.2) is 6.61 Å². The quantitative estimate of drug-likeness (QED) is 0.401. The van der Waals surface area contributed by atoms with E-state index in [4.69, 9.17) is 14.2 Å². The molecule has 0 aliphatic carbocycles. The maximum atomic E-state index is 12.6. The number of nitrogens with zero attached hydrogens (tertiary/aromatic N) is 2. The third kappa shape index (κ3) is 5.27. The zero-order chi connectivity index (χ0) is 24.7. The first-order valence-corrected chi connectivity index (χ1v) is 10.4. The number of carbonyl (C=O) groups is 2. The van der Waals surface area contributed by atoms with E-state index in [0.29, 0.717) is 28.4 Å². The Morgan fingerprint density at radius 2 is 1.82 bits per heavy atom. The van der Waals surface area contributed by atoms with Gasteiger partial charge in [-0.15, -0.1) is 0 Å². The molecule has 8 nitrogen and oxygen atoms in total. The van der Waals surface area contributed by atoms with Crippen LogP contribution in [0.4, 0.5) is 5.82 Å². The van der Waals surface area contributed by atoms with Crippen molar-refractivity contribution in [2.24, 2.45) is 0 Å². The van der Waals surface area contributed by atoms with E-state index in [0.717, 1.165) is 16.9 Å². The highest BCUT2D eigenvalue weighted by molar-refractivity contribution is 5.95. The molecule has 0 atom stereocenters. The monoisotopic (exact) mass is 459 g/mol. The van der Waals surface area contributed by atoms with E-state index >= 15 is 0 Å². The molecule has 1 amide bonds.